The number of hydrogen-bond acceptors (Lipinski definition) is 4. The van der Waals surface area contributed by atoms with E-state index in [0.29, 0.717) is 11.8 Å². The molecule has 0 unspecified atom stereocenters. The van der Waals surface area contributed by atoms with Gasteiger partial charge in [0.25, 0.3) is 0 Å². The van der Waals surface area contributed by atoms with Crippen LogP contribution in [0.1, 0.15) is 106 Å². The third-order valence-corrected chi connectivity index (χ3v) is 12.2. The maximum absolute atomic E-state index is 14.3. The molecule has 41 heavy (non-hydrogen) atoms. The number of rotatable bonds is 8. The van der Waals surface area contributed by atoms with Gasteiger partial charge in [-0.15, -0.1) is 11.3 Å². The van der Waals surface area contributed by atoms with Crippen LogP contribution in [0.2, 0.25) is 0 Å². The number of anilines is 1. The molecule has 4 nitrogen and oxygen atoms in total. The number of carbonyl (C=O) groups is 1. The van der Waals surface area contributed by atoms with Gasteiger partial charge in [-0.1, -0.05) is 43.5 Å². The number of methoxy groups -OCH3 is 1. The van der Waals surface area contributed by atoms with E-state index in [1.807, 2.05) is 17.5 Å². The number of nitrogens with zero attached hydrogens (tertiary/aromatic N) is 2. The fourth-order valence-corrected chi connectivity index (χ4v) is 9.19. The van der Waals surface area contributed by atoms with Crippen LogP contribution < -0.4 is 9.64 Å². The third kappa shape index (κ3) is 5.24. The molecule has 8 rings (SSSR count). The first-order chi connectivity index (χ1) is 20.0. The van der Waals surface area contributed by atoms with Crippen molar-refractivity contribution in [2.75, 3.05) is 18.6 Å². The first kappa shape index (κ1) is 27.2. The molecule has 2 bridgehead atoms. The zero-order valence-corrected chi connectivity index (χ0v) is 25.6. The van der Waals surface area contributed by atoms with E-state index in [2.05, 4.69) is 54.3 Å². The molecule has 0 spiro atoms. The van der Waals surface area contributed by atoms with Crippen molar-refractivity contribution in [3.05, 3.63) is 64.8 Å². The molecule has 1 aromatic heterocycles. The van der Waals surface area contributed by atoms with Gasteiger partial charge in [0.15, 0.2) is 0 Å². The minimum atomic E-state index is 0.169. The molecule has 2 aromatic carbocycles. The highest BCUT2D eigenvalue weighted by Crippen LogP contribution is 2.58. The van der Waals surface area contributed by atoms with Crippen LogP contribution in [0.25, 0.3) is 10.4 Å². The number of aromatic nitrogens is 1. The lowest BCUT2D eigenvalue weighted by Gasteiger charge is -2.55. The number of thiazole rings is 1. The normalized spacial score (nSPS) is 26.2. The van der Waals surface area contributed by atoms with Gasteiger partial charge in [0.05, 0.1) is 17.0 Å². The Morgan fingerprint density at radius 2 is 1.73 bits per heavy atom. The van der Waals surface area contributed by atoms with Crippen LogP contribution in [0.3, 0.4) is 0 Å². The minimum Gasteiger partial charge on any atom is -0.496 e. The van der Waals surface area contributed by atoms with Gasteiger partial charge in [0.1, 0.15) is 5.75 Å². The van der Waals surface area contributed by atoms with Gasteiger partial charge in [-0.3, -0.25) is 4.79 Å². The molecule has 0 radical (unpaired) electrons. The zero-order valence-electron chi connectivity index (χ0n) is 24.8. The van der Waals surface area contributed by atoms with Gasteiger partial charge >= 0.3 is 0 Å². The molecule has 1 amide bonds. The van der Waals surface area contributed by atoms with Crippen LogP contribution >= 0.6 is 11.3 Å². The topological polar surface area (TPSA) is 42.4 Å². The number of benzene rings is 2. The second kappa shape index (κ2) is 10.9. The molecule has 0 saturated heterocycles. The van der Waals surface area contributed by atoms with E-state index in [-0.39, 0.29) is 16.7 Å². The molecular formula is C36H44N2O2S. The average Bonchev–Trinajstić information content (AvgIpc) is 3.77. The van der Waals surface area contributed by atoms with Crippen LogP contribution in [-0.2, 0) is 10.2 Å². The summed E-state index contributed by atoms with van der Waals surface area (Å²) in [5, 5.41) is 1.28. The lowest BCUT2D eigenvalue weighted by Crippen LogP contribution is -2.51. The molecule has 0 aliphatic heterocycles. The van der Waals surface area contributed by atoms with E-state index < -0.39 is 0 Å². The Balaban J connectivity index is 1.15. The van der Waals surface area contributed by atoms with E-state index in [0.717, 1.165) is 30.8 Å². The lowest BCUT2D eigenvalue weighted by atomic mass is 9.51. The molecule has 5 aliphatic carbocycles. The Kier molecular flexibility index (Phi) is 7.21. The van der Waals surface area contributed by atoms with Gasteiger partial charge in [-0.2, -0.15) is 0 Å². The Morgan fingerprint density at radius 3 is 2.41 bits per heavy atom. The van der Waals surface area contributed by atoms with Crippen molar-refractivity contribution in [1.82, 2.24) is 4.98 Å². The maximum atomic E-state index is 14.3. The summed E-state index contributed by atoms with van der Waals surface area (Å²) >= 11 is 1.84. The van der Waals surface area contributed by atoms with Gasteiger partial charge < -0.3 is 9.64 Å². The van der Waals surface area contributed by atoms with E-state index in [9.17, 15) is 4.79 Å². The maximum Gasteiger partial charge on any atom is 0.230 e. The van der Waals surface area contributed by atoms with Crippen molar-refractivity contribution in [2.24, 2.45) is 11.3 Å². The smallest absolute Gasteiger partial charge is 0.230 e. The summed E-state index contributed by atoms with van der Waals surface area (Å²) in [5.41, 5.74) is 5.50. The standard InChI is InChI=1S/C36H44N2O2S/c1-25-21-29(13-14-31(25)40-2)36-18-15-35(16-19-36,17-20-36)24-38(34(39)27-7-4-3-5-8-27)30-10-6-9-28(22-30)32-23-37-33(41-32)26-11-12-26/h6,9-10,13-14,21-23,26-27H,3-5,7-8,11-12,15-20,24H2,1-2H3. The highest BCUT2D eigenvalue weighted by atomic mass is 32.1. The molecule has 5 saturated carbocycles. The highest BCUT2D eigenvalue weighted by molar-refractivity contribution is 7.15. The zero-order chi connectivity index (χ0) is 28.0. The summed E-state index contributed by atoms with van der Waals surface area (Å²) < 4.78 is 5.55. The summed E-state index contributed by atoms with van der Waals surface area (Å²) in [7, 11) is 1.76. The fourth-order valence-electron chi connectivity index (χ4n) is 8.11. The predicted molar refractivity (Wildman–Crippen MR) is 168 cm³/mol. The Labute approximate surface area is 249 Å². The molecule has 5 fully saturated rings. The third-order valence-electron chi connectivity index (χ3n) is 11.0. The van der Waals surface area contributed by atoms with Gasteiger partial charge in [0, 0.05) is 30.3 Å². The van der Waals surface area contributed by atoms with Crippen LogP contribution in [0.5, 0.6) is 5.75 Å². The van der Waals surface area contributed by atoms with Gasteiger partial charge in [-0.25, -0.2) is 4.98 Å². The van der Waals surface area contributed by atoms with Crippen molar-refractivity contribution in [2.45, 2.75) is 102 Å². The molecule has 5 heteroatoms. The van der Waals surface area contributed by atoms with Crippen molar-refractivity contribution < 1.29 is 9.53 Å². The summed E-state index contributed by atoms with van der Waals surface area (Å²) in [4.78, 5) is 22.5. The van der Waals surface area contributed by atoms with Crippen LogP contribution in [0.15, 0.2) is 48.7 Å². The Morgan fingerprint density at radius 1 is 0.976 bits per heavy atom. The van der Waals surface area contributed by atoms with Gasteiger partial charge in [-0.05, 0) is 117 Å². The predicted octanol–water partition coefficient (Wildman–Crippen LogP) is 9.21. The molecule has 0 N–H and O–H groups in total. The first-order valence-electron chi connectivity index (χ1n) is 16.0. The number of fused-ring (bicyclic) bond motifs is 3. The molecule has 216 valence electrons. The molecule has 0 atom stereocenters. The number of aryl methyl sites for hydroxylation is 1. The minimum absolute atomic E-state index is 0.169. The van der Waals surface area contributed by atoms with E-state index in [4.69, 9.17) is 9.72 Å². The number of carbonyl (C=O) groups excluding carboxylic acids is 1. The summed E-state index contributed by atoms with van der Waals surface area (Å²) in [6, 6.07) is 15.6. The van der Waals surface area contributed by atoms with Crippen molar-refractivity contribution in [3.63, 3.8) is 0 Å². The first-order valence-corrected chi connectivity index (χ1v) is 16.8. The summed E-state index contributed by atoms with van der Waals surface area (Å²) in [6.07, 6.45) is 17.6. The monoisotopic (exact) mass is 568 g/mol. The van der Waals surface area contributed by atoms with Crippen LogP contribution in [-0.4, -0.2) is 24.5 Å². The molecule has 5 aliphatic rings. The molecule has 1 heterocycles. The lowest BCUT2D eigenvalue weighted by molar-refractivity contribution is -0.124. The fraction of sp³-hybridized carbons (Fsp3) is 0.556. The van der Waals surface area contributed by atoms with E-state index >= 15 is 0 Å². The Hall–Kier alpha value is -2.66. The van der Waals surface area contributed by atoms with Gasteiger partial charge in [0.2, 0.25) is 5.91 Å². The number of ether oxygens (including phenoxy) is 1. The quantitative estimate of drug-likeness (QED) is 0.272. The highest BCUT2D eigenvalue weighted by Gasteiger charge is 2.50. The van der Waals surface area contributed by atoms with Crippen LogP contribution in [0, 0.1) is 18.3 Å². The SMILES string of the molecule is COc1ccc(C23CCC(CN(C(=O)C4CCCCC4)c4cccc(-c5cnc(C6CC6)s5)c4)(CC2)CC3)cc1C. The summed E-state index contributed by atoms with van der Waals surface area (Å²) in [6.45, 7) is 3.02. The van der Waals surface area contributed by atoms with Crippen molar-refractivity contribution in [1.29, 1.82) is 0 Å². The van der Waals surface area contributed by atoms with Crippen molar-refractivity contribution in [3.8, 4) is 16.2 Å². The van der Waals surface area contributed by atoms with E-state index in [1.165, 1.54) is 97.2 Å². The second-order valence-corrected chi connectivity index (χ2v) is 14.7. The molecular weight excluding hydrogens is 524 g/mol. The summed E-state index contributed by atoms with van der Waals surface area (Å²) in [5.74, 6) is 2.19. The average molecular weight is 569 g/mol. The molecule has 3 aromatic rings. The van der Waals surface area contributed by atoms with E-state index in [1.54, 1.807) is 7.11 Å². The number of amides is 1. The van der Waals surface area contributed by atoms with Crippen molar-refractivity contribution >= 4 is 22.9 Å². The Bertz CT molecular complexity index is 1390. The second-order valence-electron chi connectivity index (χ2n) is 13.6. The van der Waals surface area contributed by atoms with Crippen LogP contribution in [0.4, 0.5) is 5.69 Å². The number of hydrogen-bond donors (Lipinski definition) is 0. The largest absolute Gasteiger partial charge is 0.496 e.